The number of aryl methyl sites for hydroxylation is 1. The van der Waals surface area contributed by atoms with Crippen LogP contribution in [0.3, 0.4) is 0 Å². The summed E-state index contributed by atoms with van der Waals surface area (Å²) in [5, 5.41) is 2.74. The fraction of sp³-hybridized carbons (Fsp3) is 0.312. The molecule has 0 unspecified atom stereocenters. The summed E-state index contributed by atoms with van der Waals surface area (Å²) in [4.78, 5) is 30.6. The van der Waals surface area contributed by atoms with Crippen LogP contribution in [0, 0.1) is 6.92 Å². The molecule has 1 saturated heterocycles. The highest BCUT2D eigenvalue weighted by Crippen LogP contribution is 2.18. The molecule has 2 amide bonds. The molecule has 2 aromatic rings. The molecular weight excluding hydrogens is 314 g/mol. The lowest BCUT2D eigenvalue weighted by Gasteiger charge is -2.14. The Morgan fingerprint density at radius 1 is 1.39 bits per heavy atom. The summed E-state index contributed by atoms with van der Waals surface area (Å²) in [6.07, 6.45) is 0.675. The van der Waals surface area contributed by atoms with Gasteiger partial charge in [-0.2, -0.15) is 0 Å². The Balaban J connectivity index is 1.55. The van der Waals surface area contributed by atoms with Crippen LogP contribution in [0.4, 0.5) is 10.5 Å². The number of thiazole rings is 1. The zero-order chi connectivity index (χ0) is 16.2. The van der Waals surface area contributed by atoms with Gasteiger partial charge in [-0.15, -0.1) is 11.3 Å². The molecule has 0 saturated carbocycles. The van der Waals surface area contributed by atoms with Gasteiger partial charge in [-0.25, -0.2) is 14.6 Å². The topological polar surface area (TPSA) is 71.5 Å². The summed E-state index contributed by atoms with van der Waals surface area (Å²) >= 11 is 1.57. The van der Waals surface area contributed by atoms with Crippen molar-refractivity contribution in [3.05, 3.63) is 45.9 Å². The molecule has 23 heavy (non-hydrogen) atoms. The van der Waals surface area contributed by atoms with Gasteiger partial charge in [-0.1, -0.05) is 0 Å². The fourth-order valence-corrected chi connectivity index (χ4v) is 3.14. The van der Waals surface area contributed by atoms with Crippen LogP contribution in [-0.4, -0.2) is 36.7 Å². The van der Waals surface area contributed by atoms with Gasteiger partial charge >= 0.3 is 12.0 Å². The Hall–Kier alpha value is -2.41. The van der Waals surface area contributed by atoms with Crippen molar-refractivity contribution in [3.8, 4) is 0 Å². The SMILES string of the molecule is Cc1ncsc1CCOC(=O)c1ccc(N2CCNC2=O)cc1. The van der Waals surface area contributed by atoms with Gasteiger partial charge in [0.25, 0.3) is 0 Å². The van der Waals surface area contributed by atoms with Crippen molar-refractivity contribution < 1.29 is 14.3 Å². The standard InChI is InChI=1S/C16H17N3O3S/c1-11-14(23-10-18-11)6-9-22-15(20)12-2-4-13(5-3-12)19-8-7-17-16(19)21/h2-5,10H,6-9H2,1H3,(H,17,21). The summed E-state index contributed by atoms with van der Waals surface area (Å²) < 4.78 is 5.29. The number of aromatic nitrogens is 1. The van der Waals surface area contributed by atoms with Gasteiger partial charge in [0.1, 0.15) is 0 Å². The number of nitrogens with one attached hydrogen (secondary N) is 1. The number of amides is 2. The van der Waals surface area contributed by atoms with Gasteiger partial charge in [0.15, 0.2) is 0 Å². The number of hydrogen-bond donors (Lipinski definition) is 1. The van der Waals surface area contributed by atoms with Crippen molar-refractivity contribution in [1.82, 2.24) is 10.3 Å². The second-order valence-corrected chi connectivity index (χ2v) is 6.12. The molecular formula is C16H17N3O3S. The van der Waals surface area contributed by atoms with Gasteiger partial charge in [0, 0.05) is 30.1 Å². The van der Waals surface area contributed by atoms with Crippen LogP contribution >= 0.6 is 11.3 Å². The molecule has 6 nitrogen and oxygen atoms in total. The van der Waals surface area contributed by atoms with E-state index in [0.717, 1.165) is 16.3 Å². The predicted molar refractivity (Wildman–Crippen MR) is 88.0 cm³/mol. The van der Waals surface area contributed by atoms with Crippen molar-refractivity contribution in [2.75, 3.05) is 24.6 Å². The van der Waals surface area contributed by atoms with Crippen LogP contribution in [-0.2, 0) is 11.2 Å². The molecule has 0 aliphatic carbocycles. The molecule has 1 fully saturated rings. The van der Waals surface area contributed by atoms with Crippen molar-refractivity contribution in [1.29, 1.82) is 0 Å². The highest BCUT2D eigenvalue weighted by molar-refractivity contribution is 7.09. The Labute approximate surface area is 138 Å². The van der Waals surface area contributed by atoms with Gasteiger partial charge < -0.3 is 10.1 Å². The molecule has 0 radical (unpaired) electrons. The summed E-state index contributed by atoms with van der Waals surface area (Å²) in [7, 11) is 0. The van der Waals surface area contributed by atoms with E-state index in [4.69, 9.17) is 4.74 Å². The summed E-state index contributed by atoms with van der Waals surface area (Å²) in [5.74, 6) is -0.357. The molecule has 1 aliphatic rings. The summed E-state index contributed by atoms with van der Waals surface area (Å²) in [6.45, 7) is 3.55. The molecule has 1 aromatic carbocycles. The second-order valence-electron chi connectivity index (χ2n) is 5.18. The van der Waals surface area contributed by atoms with Gasteiger partial charge in [0.2, 0.25) is 0 Å². The van der Waals surface area contributed by atoms with Crippen molar-refractivity contribution >= 4 is 29.0 Å². The van der Waals surface area contributed by atoms with E-state index in [1.54, 1.807) is 46.0 Å². The molecule has 1 aromatic heterocycles. The number of urea groups is 1. The first kappa shape index (κ1) is 15.5. The molecule has 120 valence electrons. The number of carbonyl (C=O) groups excluding carboxylic acids is 2. The minimum Gasteiger partial charge on any atom is -0.462 e. The Morgan fingerprint density at radius 2 is 2.17 bits per heavy atom. The van der Waals surface area contributed by atoms with E-state index in [0.29, 0.717) is 31.7 Å². The van der Waals surface area contributed by atoms with E-state index in [1.165, 1.54) is 0 Å². The Morgan fingerprint density at radius 3 is 2.78 bits per heavy atom. The number of rotatable bonds is 5. The monoisotopic (exact) mass is 331 g/mol. The minimum absolute atomic E-state index is 0.111. The normalized spacial score (nSPS) is 14.0. The first-order valence-corrected chi connectivity index (χ1v) is 8.24. The molecule has 1 N–H and O–H groups in total. The third-order valence-corrected chi connectivity index (χ3v) is 4.67. The molecule has 7 heteroatoms. The third-order valence-electron chi connectivity index (χ3n) is 3.68. The zero-order valence-corrected chi connectivity index (χ0v) is 13.6. The molecule has 2 heterocycles. The maximum absolute atomic E-state index is 12.0. The van der Waals surface area contributed by atoms with Crippen LogP contribution < -0.4 is 10.2 Å². The van der Waals surface area contributed by atoms with Crippen LogP contribution in [0.5, 0.6) is 0 Å². The Kier molecular flexibility index (Phi) is 4.57. The highest BCUT2D eigenvalue weighted by Gasteiger charge is 2.21. The summed E-state index contributed by atoms with van der Waals surface area (Å²) in [6, 6.07) is 6.77. The molecule has 1 aliphatic heterocycles. The van der Waals surface area contributed by atoms with Crippen molar-refractivity contribution in [2.45, 2.75) is 13.3 Å². The number of carbonyl (C=O) groups is 2. The van der Waals surface area contributed by atoms with E-state index in [9.17, 15) is 9.59 Å². The average Bonchev–Trinajstić information content (AvgIpc) is 3.16. The largest absolute Gasteiger partial charge is 0.462 e. The quantitative estimate of drug-likeness (QED) is 0.854. The molecule has 0 spiro atoms. The lowest BCUT2D eigenvalue weighted by atomic mass is 10.2. The van der Waals surface area contributed by atoms with Crippen LogP contribution in [0.15, 0.2) is 29.8 Å². The maximum atomic E-state index is 12.0. The Bertz CT molecular complexity index is 712. The van der Waals surface area contributed by atoms with Crippen molar-refractivity contribution in [3.63, 3.8) is 0 Å². The lowest BCUT2D eigenvalue weighted by Crippen LogP contribution is -2.27. The van der Waals surface area contributed by atoms with E-state index in [2.05, 4.69) is 10.3 Å². The lowest BCUT2D eigenvalue weighted by molar-refractivity contribution is 0.0510. The smallest absolute Gasteiger partial charge is 0.338 e. The number of benzene rings is 1. The van der Waals surface area contributed by atoms with E-state index < -0.39 is 0 Å². The number of nitrogens with zero attached hydrogens (tertiary/aromatic N) is 2. The number of anilines is 1. The number of hydrogen-bond acceptors (Lipinski definition) is 5. The first-order valence-electron chi connectivity index (χ1n) is 7.36. The summed E-state index contributed by atoms with van der Waals surface area (Å²) in [5.41, 5.74) is 4.03. The first-order chi connectivity index (χ1) is 11.1. The van der Waals surface area contributed by atoms with Gasteiger partial charge in [-0.05, 0) is 31.2 Å². The van der Waals surface area contributed by atoms with Crippen molar-refractivity contribution in [2.24, 2.45) is 0 Å². The number of esters is 1. The highest BCUT2D eigenvalue weighted by atomic mass is 32.1. The van der Waals surface area contributed by atoms with E-state index in [1.807, 2.05) is 6.92 Å². The van der Waals surface area contributed by atoms with E-state index >= 15 is 0 Å². The number of ether oxygens (including phenoxy) is 1. The van der Waals surface area contributed by atoms with Gasteiger partial charge in [-0.3, -0.25) is 4.90 Å². The van der Waals surface area contributed by atoms with Crippen LogP contribution in [0.25, 0.3) is 0 Å². The third kappa shape index (κ3) is 3.50. The minimum atomic E-state index is -0.357. The predicted octanol–water partition coefficient (Wildman–Crippen LogP) is 2.38. The zero-order valence-electron chi connectivity index (χ0n) is 12.7. The molecule has 0 atom stereocenters. The maximum Gasteiger partial charge on any atom is 0.338 e. The van der Waals surface area contributed by atoms with Crippen LogP contribution in [0.2, 0.25) is 0 Å². The second kappa shape index (κ2) is 6.78. The fourth-order valence-electron chi connectivity index (χ4n) is 2.38. The molecule has 0 bridgehead atoms. The average molecular weight is 331 g/mol. The molecule has 3 rings (SSSR count). The van der Waals surface area contributed by atoms with E-state index in [-0.39, 0.29) is 12.0 Å². The van der Waals surface area contributed by atoms with Crippen LogP contribution in [0.1, 0.15) is 20.9 Å². The van der Waals surface area contributed by atoms with Gasteiger partial charge in [0.05, 0.1) is 23.4 Å².